The molecule has 1 aromatic heterocycles. The van der Waals surface area contributed by atoms with Crippen LogP contribution in [0.5, 0.6) is 0 Å². The molecular weight excluding hydrogens is 248 g/mol. The van der Waals surface area contributed by atoms with E-state index in [4.69, 9.17) is 4.98 Å². The van der Waals surface area contributed by atoms with Gasteiger partial charge in [-0.3, -0.25) is 4.98 Å². The van der Waals surface area contributed by atoms with E-state index < -0.39 is 0 Å². The third kappa shape index (κ3) is 3.69. The zero-order valence-corrected chi connectivity index (χ0v) is 12.7. The molecule has 1 aliphatic heterocycles. The van der Waals surface area contributed by atoms with E-state index in [0.29, 0.717) is 5.41 Å². The molecule has 4 heteroatoms. The Morgan fingerprint density at radius 1 is 1.25 bits per heavy atom. The van der Waals surface area contributed by atoms with Crippen LogP contribution < -0.4 is 10.2 Å². The highest BCUT2D eigenvalue weighted by Crippen LogP contribution is 2.31. The highest BCUT2D eigenvalue weighted by molar-refractivity contribution is 5.36. The van der Waals surface area contributed by atoms with Gasteiger partial charge in [-0.1, -0.05) is 13.8 Å². The number of hydrogen-bond acceptors (Lipinski definition) is 4. The molecule has 0 spiro atoms. The quantitative estimate of drug-likeness (QED) is 0.916. The predicted molar refractivity (Wildman–Crippen MR) is 81.7 cm³/mol. The molecule has 3 rings (SSSR count). The first-order valence-electron chi connectivity index (χ1n) is 7.92. The Hall–Kier alpha value is -1.16. The van der Waals surface area contributed by atoms with Gasteiger partial charge in [0.1, 0.15) is 5.82 Å². The van der Waals surface area contributed by atoms with E-state index >= 15 is 0 Å². The lowest BCUT2D eigenvalue weighted by molar-refractivity contribution is 0.325. The maximum atomic E-state index is 4.79. The highest BCUT2D eigenvalue weighted by Gasteiger charge is 2.24. The van der Waals surface area contributed by atoms with Crippen LogP contribution in [0.3, 0.4) is 0 Å². The van der Waals surface area contributed by atoms with Crippen LogP contribution in [0, 0.1) is 5.41 Å². The summed E-state index contributed by atoms with van der Waals surface area (Å²) in [7, 11) is 0. The Balaban J connectivity index is 1.64. The molecule has 20 heavy (non-hydrogen) atoms. The lowest BCUT2D eigenvalue weighted by Crippen LogP contribution is -2.27. The minimum absolute atomic E-state index is 0.466. The summed E-state index contributed by atoms with van der Waals surface area (Å²) in [6.45, 7) is 7.81. The van der Waals surface area contributed by atoms with Crippen molar-refractivity contribution in [2.45, 2.75) is 58.5 Å². The maximum absolute atomic E-state index is 4.79. The second kappa shape index (κ2) is 5.68. The van der Waals surface area contributed by atoms with Gasteiger partial charge in [0.15, 0.2) is 0 Å². The number of hydrogen-bond donors (Lipinski definition) is 1. The fraction of sp³-hybridized carbons (Fsp3) is 0.750. The molecule has 1 saturated heterocycles. The van der Waals surface area contributed by atoms with Crippen molar-refractivity contribution in [2.24, 2.45) is 5.41 Å². The smallest absolute Gasteiger partial charge is 0.147 e. The number of nitrogens with zero attached hydrogens (tertiary/aromatic N) is 3. The second-order valence-electron chi connectivity index (χ2n) is 7.03. The van der Waals surface area contributed by atoms with Crippen LogP contribution in [0.15, 0.2) is 12.4 Å². The summed E-state index contributed by atoms with van der Waals surface area (Å²) in [6, 6.07) is 0.722. The molecule has 2 aliphatic rings. The molecule has 1 aliphatic carbocycles. The van der Waals surface area contributed by atoms with Gasteiger partial charge < -0.3 is 10.2 Å². The van der Waals surface area contributed by atoms with Gasteiger partial charge in [-0.25, -0.2) is 4.98 Å². The third-order valence-corrected chi connectivity index (χ3v) is 4.49. The van der Waals surface area contributed by atoms with Crippen LogP contribution in [-0.4, -0.2) is 29.1 Å². The summed E-state index contributed by atoms with van der Waals surface area (Å²) >= 11 is 0. The van der Waals surface area contributed by atoms with E-state index in [1.54, 1.807) is 0 Å². The summed E-state index contributed by atoms with van der Waals surface area (Å²) in [5.41, 5.74) is 1.53. The summed E-state index contributed by atoms with van der Waals surface area (Å²) in [4.78, 5) is 11.6. The number of rotatable bonds is 4. The number of nitrogens with one attached hydrogen (secondary N) is 1. The molecule has 0 atom stereocenters. The van der Waals surface area contributed by atoms with E-state index in [9.17, 15) is 0 Å². The molecule has 0 bridgehead atoms. The van der Waals surface area contributed by atoms with Crippen molar-refractivity contribution in [3.63, 3.8) is 0 Å². The maximum Gasteiger partial charge on any atom is 0.147 e. The first-order valence-corrected chi connectivity index (χ1v) is 7.92. The van der Waals surface area contributed by atoms with Gasteiger partial charge in [-0.15, -0.1) is 0 Å². The van der Waals surface area contributed by atoms with Crippen molar-refractivity contribution >= 4 is 5.82 Å². The van der Waals surface area contributed by atoms with E-state index in [1.807, 2.05) is 12.4 Å². The first kappa shape index (κ1) is 13.8. The zero-order valence-electron chi connectivity index (χ0n) is 12.7. The summed E-state index contributed by atoms with van der Waals surface area (Å²) in [5, 5.41) is 3.51. The lowest BCUT2D eigenvalue weighted by atomic mass is 9.85. The molecule has 4 nitrogen and oxygen atoms in total. The van der Waals surface area contributed by atoms with Gasteiger partial charge in [0.05, 0.1) is 11.9 Å². The van der Waals surface area contributed by atoms with E-state index in [0.717, 1.165) is 37.2 Å². The molecule has 0 radical (unpaired) electrons. The Kier molecular flexibility index (Phi) is 3.92. The average molecular weight is 274 g/mol. The molecule has 1 N–H and O–H groups in total. The molecule has 0 unspecified atom stereocenters. The van der Waals surface area contributed by atoms with Crippen LogP contribution in [0.25, 0.3) is 0 Å². The average Bonchev–Trinajstić information content (AvgIpc) is 3.24. The molecule has 0 amide bonds. The minimum Gasteiger partial charge on any atom is -0.355 e. The summed E-state index contributed by atoms with van der Waals surface area (Å²) < 4.78 is 0. The molecule has 0 aromatic carbocycles. The monoisotopic (exact) mass is 274 g/mol. The van der Waals surface area contributed by atoms with E-state index in [2.05, 4.69) is 29.0 Å². The minimum atomic E-state index is 0.466. The summed E-state index contributed by atoms with van der Waals surface area (Å²) in [6.07, 6.45) is 10.2. The van der Waals surface area contributed by atoms with Crippen LogP contribution in [0.4, 0.5) is 5.82 Å². The van der Waals surface area contributed by atoms with Crippen molar-refractivity contribution in [1.82, 2.24) is 15.3 Å². The van der Waals surface area contributed by atoms with E-state index in [1.165, 1.54) is 32.1 Å². The van der Waals surface area contributed by atoms with Crippen molar-refractivity contribution in [3.8, 4) is 0 Å². The normalized spacial score (nSPS) is 22.6. The SMILES string of the molecule is CC1(C)CCCN(c2cncc(CNC3CC3)n2)CC1. The molecule has 110 valence electrons. The standard InChI is InChI=1S/C16H26N4/c1-16(2)6-3-8-20(9-7-16)15-12-17-10-14(19-15)11-18-13-4-5-13/h10,12-13,18H,3-9,11H2,1-2H3. The van der Waals surface area contributed by atoms with Gasteiger partial charge in [0, 0.05) is 31.9 Å². The Morgan fingerprint density at radius 3 is 2.90 bits per heavy atom. The largest absolute Gasteiger partial charge is 0.355 e. The Morgan fingerprint density at radius 2 is 2.10 bits per heavy atom. The number of anilines is 1. The molecule has 2 heterocycles. The van der Waals surface area contributed by atoms with Crippen molar-refractivity contribution in [3.05, 3.63) is 18.1 Å². The van der Waals surface area contributed by atoms with Gasteiger partial charge in [0.25, 0.3) is 0 Å². The van der Waals surface area contributed by atoms with E-state index in [-0.39, 0.29) is 0 Å². The zero-order chi connectivity index (χ0) is 14.0. The van der Waals surface area contributed by atoms with Gasteiger partial charge >= 0.3 is 0 Å². The fourth-order valence-corrected chi connectivity index (χ4v) is 2.82. The lowest BCUT2D eigenvalue weighted by Gasteiger charge is -2.24. The van der Waals surface area contributed by atoms with Crippen LogP contribution in [0.2, 0.25) is 0 Å². The van der Waals surface area contributed by atoms with Crippen molar-refractivity contribution < 1.29 is 0 Å². The van der Waals surface area contributed by atoms with Crippen LogP contribution in [-0.2, 0) is 6.54 Å². The van der Waals surface area contributed by atoms with Gasteiger partial charge in [0.2, 0.25) is 0 Å². The molecule has 1 saturated carbocycles. The predicted octanol–water partition coefficient (Wildman–Crippen LogP) is 2.75. The van der Waals surface area contributed by atoms with Crippen molar-refractivity contribution in [1.29, 1.82) is 0 Å². The van der Waals surface area contributed by atoms with Crippen LogP contribution >= 0.6 is 0 Å². The molecule has 2 fully saturated rings. The second-order valence-corrected chi connectivity index (χ2v) is 7.03. The Labute approximate surface area is 122 Å². The van der Waals surface area contributed by atoms with Crippen LogP contribution in [0.1, 0.15) is 51.6 Å². The Bertz CT molecular complexity index is 454. The third-order valence-electron chi connectivity index (χ3n) is 4.49. The fourth-order valence-electron chi connectivity index (χ4n) is 2.82. The molecule has 1 aromatic rings. The van der Waals surface area contributed by atoms with Crippen molar-refractivity contribution in [2.75, 3.05) is 18.0 Å². The number of aromatic nitrogens is 2. The highest BCUT2D eigenvalue weighted by atomic mass is 15.2. The topological polar surface area (TPSA) is 41.1 Å². The molecular formula is C16H26N4. The first-order chi connectivity index (χ1) is 9.62. The van der Waals surface area contributed by atoms with Gasteiger partial charge in [-0.2, -0.15) is 0 Å². The summed E-state index contributed by atoms with van der Waals surface area (Å²) in [5.74, 6) is 1.05. The van der Waals surface area contributed by atoms with Gasteiger partial charge in [-0.05, 0) is 37.5 Å².